The molecular weight excluding hydrogens is 618 g/mol. The summed E-state index contributed by atoms with van der Waals surface area (Å²) in [6, 6.07) is 15.4. The zero-order chi connectivity index (χ0) is 33.1. The molecule has 0 aromatic heterocycles. The van der Waals surface area contributed by atoms with Gasteiger partial charge in [0, 0.05) is 24.2 Å². The van der Waals surface area contributed by atoms with E-state index in [1.807, 2.05) is 45.0 Å². The largest absolute Gasteiger partial charge is 0.495 e. The van der Waals surface area contributed by atoms with E-state index in [-0.39, 0.29) is 39.6 Å². The van der Waals surface area contributed by atoms with Gasteiger partial charge in [-0.15, -0.1) is 0 Å². The van der Waals surface area contributed by atoms with Crippen molar-refractivity contribution in [2.24, 2.45) is 0 Å². The first-order valence-electron chi connectivity index (χ1n) is 14.7. The normalized spacial score (nSPS) is 11.8. The molecule has 3 aromatic rings. The van der Waals surface area contributed by atoms with E-state index in [0.717, 1.165) is 28.3 Å². The number of aryl methyl sites for hydroxylation is 1. The summed E-state index contributed by atoms with van der Waals surface area (Å²) in [7, 11) is -0.190. The Morgan fingerprint density at radius 3 is 2.22 bits per heavy atom. The first-order chi connectivity index (χ1) is 21.5. The van der Waals surface area contributed by atoms with Gasteiger partial charge in [-0.1, -0.05) is 61.7 Å². The third kappa shape index (κ3) is 8.82. The van der Waals surface area contributed by atoms with Gasteiger partial charge in [-0.2, -0.15) is 0 Å². The van der Waals surface area contributed by atoms with Crippen LogP contribution in [-0.4, -0.2) is 65.6 Å². The SMILES string of the molecule is CCCCNC(=O)[C@@H](CC)N(Cc1cccc(C)c1)C(=O)CN(c1cc(Cl)ccc1OC)S(=O)(=O)c1ccc(OC)c(OC)c1. The Bertz CT molecular complexity index is 1580. The molecule has 0 aliphatic carbocycles. The molecule has 0 bridgehead atoms. The lowest BCUT2D eigenvalue weighted by atomic mass is 10.1. The number of rotatable bonds is 16. The molecule has 0 unspecified atom stereocenters. The molecule has 2 amide bonds. The fourth-order valence-corrected chi connectivity index (χ4v) is 6.51. The Morgan fingerprint density at radius 2 is 1.60 bits per heavy atom. The molecular formula is C33H42ClN3O7S. The van der Waals surface area contributed by atoms with Crippen LogP contribution in [0, 0.1) is 6.92 Å². The van der Waals surface area contributed by atoms with E-state index in [1.165, 1.54) is 56.6 Å². The minimum atomic E-state index is -4.43. The van der Waals surface area contributed by atoms with Gasteiger partial charge in [0.05, 0.1) is 31.9 Å². The van der Waals surface area contributed by atoms with Gasteiger partial charge in [0.2, 0.25) is 11.8 Å². The Hall–Kier alpha value is -3.96. The molecule has 3 rings (SSSR count). The van der Waals surface area contributed by atoms with Gasteiger partial charge in [-0.05, 0) is 55.7 Å². The molecule has 0 aliphatic rings. The zero-order valence-electron chi connectivity index (χ0n) is 26.6. The lowest BCUT2D eigenvalue weighted by molar-refractivity contribution is -0.140. The Morgan fingerprint density at radius 1 is 0.911 bits per heavy atom. The minimum absolute atomic E-state index is 0.0593. The van der Waals surface area contributed by atoms with E-state index in [1.54, 1.807) is 6.07 Å². The first-order valence-corrected chi connectivity index (χ1v) is 16.5. The monoisotopic (exact) mass is 659 g/mol. The smallest absolute Gasteiger partial charge is 0.265 e. The average Bonchev–Trinajstić information content (AvgIpc) is 3.03. The highest BCUT2D eigenvalue weighted by atomic mass is 35.5. The second kappa shape index (κ2) is 16.4. The molecule has 1 atom stereocenters. The number of hydrogen-bond acceptors (Lipinski definition) is 7. The standard InChI is InChI=1S/C33H42ClN3O7S/c1-7-9-17-35-33(39)27(8-2)36(21-24-12-10-11-23(3)18-24)32(38)22-37(28-19-25(34)13-15-29(28)42-4)45(40,41)26-14-16-30(43-5)31(20-26)44-6/h10-16,18-20,27H,7-9,17,21-22H2,1-6H3,(H,35,39)/t27-/m1/s1. The fourth-order valence-electron chi connectivity index (χ4n) is 4.91. The third-order valence-electron chi connectivity index (χ3n) is 7.28. The summed E-state index contributed by atoms with van der Waals surface area (Å²) in [5.74, 6) is -0.171. The molecule has 0 spiro atoms. The molecule has 3 aromatic carbocycles. The van der Waals surface area contributed by atoms with Gasteiger partial charge in [-0.3, -0.25) is 13.9 Å². The summed E-state index contributed by atoms with van der Waals surface area (Å²) < 4.78 is 45.8. The summed E-state index contributed by atoms with van der Waals surface area (Å²) in [5, 5.41) is 3.17. The summed E-state index contributed by atoms with van der Waals surface area (Å²) in [5.41, 5.74) is 1.85. The molecule has 0 fully saturated rings. The first kappa shape index (κ1) is 35.5. The number of sulfonamides is 1. The number of nitrogens with zero attached hydrogens (tertiary/aromatic N) is 2. The molecule has 10 nitrogen and oxygen atoms in total. The molecule has 0 heterocycles. The quantitative estimate of drug-likeness (QED) is 0.199. The van der Waals surface area contributed by atoms with E-state index >= 15 is 0 Å². The van der Waals surface area contributed by atoms with E-state index in [0.29, 0.717) is 18.7 Å². The molecule has 0 saturated heterocycles. The third-order valence-corrected chi connectivity index (χ3v) is 9.27. The summed E-state index contributed by atoms with van der Waals surface area (Å²) in [4.78, 5) is 29.0. The number of halogens is 1. The maximum absolute atomic E-state index is 14.4. The zero-order valence-corrected chi connectivity index (χ0v) is 28.2. The molecule has 0 radical (unpaired) electrons. The van der Waals surface area contributed by atoms with E-state index < -0.39 is 28.5 Å². The maximum atomic E-state index is 14.4. The maximum Gasteiger partial charge on any atom is 0.265 e. The van der Waals surface area contributed by atoms with E-state index in [9.17, 15) is 18.0 Å². The van der Waals surface area contributed by atoms with Crippen LogP contribution < -0.4 is 23.8 Å². The van der Waals surface area contributed by atoms with Crippen molar-refractivity contribution in [1.29, 1.82) is 0 Å². The fraction of sp³-hybridized carbons (Fsp3) is 0.394. The molecule has 244 valence electrons. The number of nitrogens with one attached hydrogen (secondary N) is 1. The van der Waals surface area contributed by atoms with Crippen LogP contribution in [0.4, 0.5) is 5.69 Å². The Balaban J connectivity index is 2.15. The molecule has 0 saturated carbocycles. The lowest BCUT2D eigenvalue weighted by Crippen LogP contribution is -2.52. The van der Waals surface area contributed by atoms with E-state index in [4.69, 9.17) is 25.8 Å². The summed E-state index contributed by atoms with van der Waals surface area (Å²) in [6.45, 7) is 5.70. The van der Waals surface area contributed by atoms with Crippen LogP contribution in [-0.2, 0) is 26.2 Å². The summed E-state index contributed by atoms with van der Waals surface area (Å²) in [6.07, 6.45) is 2.01. The number of benzene rings is 3. The van der Waals surface area contributed by atoms with Gasteiger partial charge < -0.3 is 24.4 Å². The highest BCUT2D eigenvalue weighted by Gasteiger charge is 2.35. The van der Waals surface area contributed by atoms with Crippen molar-refractivity contribution in [2.45, 2.75) is 57.5 Å². The number of amides is 2. The minimum Gasteiger partial charge on any atom is -0.495 e. The molecule has 0 aliphatic heterocycles. The van der Waals surface area contributed by atoms with Crippen molar-refractivity contribution >= 4 is 39.1 Å². The van der Waals surface area contributed by atoms with Crippen molar-refractivity contribution in [3.63, 3.8) is 0 Å². The van der Waals surface area contributed by atoms with Crippen LogP contribution in [0.3, 0.4) is 0 Å². The van der Waals surface area contributed by atoms with Crippen LogP contribution in [0.2, 0.25) is 5.02 Å². The van der Waals surface area contributed by atoms with Crippen LogP contribution in [0.15, 0.2) is 65.6 Å². The predicted molar refractivity (Wildman–Crippen MR) is 176 cm³/mol. The Kier molecular flexibility index (Phi) is 12.9. The number of carbonyl (C=O) groups excluding carboxylic acids is 2. The number of carbonyl (C=O) groups is 2. The van der Waals surface area contributed by atoms with Gasteiger partial charge >= 0.3 is 0 Å². The van der Waals surface area contributed by atoms with Crippen LogP contribution >= 0.6 is 11.6 Å². The number of ether oxygens (including phenoxy) is 3. The van der Waals surface area contributed by atoms with Crippen LogP contribution in [0.25, 0.3) is 0 Å². The summed E-state index contributed by atoms with van der Waals surface area (Å²) >= 11 is 6.34. The highest BCUT2D eigenvalue weighted by Crippen LogP contribution is 2.37. The van der Waals surface area contributed by atoms with Gasteiger partial charge in [0.1, 0.15) is 18.3 Å². The van der Waals surface area contributed by atoms with Crippen LogP contribution in [0.5, 0.6) is 17.2 Å². The second-order valence-corrected chi connectivity index (χ2v) is 12.7. The molecule has 12 heteroatoms. The van der Waals surface area contributed by atoms with Crippen molar-refractivity contribution in [2.75, 3.05) is 38.7 Å². The highest BCUT2D eigenvalue weighted by molar-refractivity contribution is 7.92. The van der Waals surface area contributed by atoms with Crippen molar-refractivity contribution in [3.05, 3.63) is 76.8 Å². The lowest BCUT2D eigenvalue weighted by Gasteiger charge is -2.33. The average molecular weight is 660 g/mol. The van der Waals surface area contributed by atoms with Crippen molar-refractivity contribution in [1.82, 2.24) is 10.2 Å². The van der Waals surface area contributed by atoms with Gasteiger partial charge in [-0.25, -0.2) is 8.42 Å². The number of hydrogen-bond donors (Lipinski definition) is 1. The van der Waals surface area contributed by atoms with Gasteiger partial charge in [0.15, 0.2) is 11.5 Å². The van der Waals surface area contributed by atoms with Gasteiger partial charge in [0.25, 0.3) is 10.0 Å². The van der Waals surface area contributed by atoms with Crippen LogP contribution in [0.1, 0.15) is 44.2 Å². The number of unbranched alkanes of at least 4 members (excludes halogenated alkanes) is 1. The predicted octanol–water partition coefficient (Wildman–Crippen LogP) is 5.59. The second-order valence-electron chi connectivity index (χ2n) is 10.4. The number of methoxy groups -OCH3 is 3. The Labute approximate surface area is 271 Å². The molecule has 45 heavy (non-hydrogen) atoms. The van der Waals surface area contributed by atoms with Crippen molar-refractivity contribution in [3.8, 4) is 17.2 Å². The molecule has 1 N–H and O–H groups in total. The van der Waals surface area contributed by atoms with E-state index in [2.05, 4.69) is 5.32 Å². The van der Waals surface area contributed by atoms with Crippen molar-refractivity contribution < 1.29 is 32.2 Å². The topological polar surface area (TPSA) is 114 Å². The number of anilines is 1.